The average Bonchev–Trinajstić information content (AvgIpc) is 2.93. The minimum absolute atomic E-state index is 0.0865. The molecule has 0 saturated carbocycles. The Labute approximate surface area is 169 Å². The summed E-state index contributed by atoms with van der Waals surface area (Å²) in [7, 11) is 3.91. The molecule has 28 heavy (non-hydrogen) atoms. The monoisotopic (exact) mass is 399 g/mol. The molecule has 1 aliphatic rings. The van der Waals surface area contributed by atoms with E-state index in [1.54, 1.807) is 36.4 Å². The summed E-state index contributed by atoms with van der Waals surface area (Å²) in [5.74, 6) is -1.48. The van der Waals surface area contributed by atoms with E-state index < -0.39 is 17.7 Å². The van der Waals surface area contributed by atoms with Gasteiger partial charge in [0.15, 0.2) is 0 Å². The van der Waals surface area contributed by atoms with Gasteiger partial charge in [-0.15, -0.1) is 0 Å². The molecule has 2 aromatic rings. The summed E-state index contributed by atoms with van der Waals surface area (Å²) >= 11 is 6.00. The molecule has 146 valence electrons. The lowest BCUT2D eigenvalue weighted by molar-refractivity contribution is -0.139. The Bertz CT molecular complexity index is 895. The number of carbonyl (C=O) groups is 2. The van der Waals surface area contributed by atoms with Crippen molar-refractivity contribution in [2.24, 2.45) is 0 Å². The second-order valence-corrected chi connectivity index (χ2v) is 7.37. The highest BCUT2D eigenvalue weighted by Gasteiger charge is 2.45. The third kappa shape index (κ3) is 4.08. The maximum atomic E-state index is 12.8. The molecule has 0 aliphatic carbocycles. The van der Waals surface area contributed by atoms with Crippen molar-refractivity contribution in [2.75, 3.05) is 27.2 Å². The summed E-state index contributed by atoms with van der Waals surface area (Å²) in [6.45, 7) is 1.18. The number of pyridine rings is 1. The second kappa shape index (κ2) is 8.54. The van der Waals surface area contributed by atoms with Gasteiger partial charge in [-0.2, -0.15) is 0 Å². The molecule has 6 nitrogen and oxygen atoms in total. The van der Waals surface area contributed by atoms with Gasteiger partial charge in [-0.25, -0.2) is 0 Å². The first-order chi connectivity index (χ1) is 13.4. The van der Waals surface area contributed by atoms with E-state index in [2.05, 4.69) is 4.98 Å². The summed E-state index contributed by atoms with van der Waals surface area (Å²) in [4.78, 5) is 33.1. The highest BCUT2D eigenvalue weighted by atomic mass is 35.5. The van der Waals surface area contributed by atoms with Gasteiger partial charge < -0.3 is 14.9 Å². The Morgan fingerprint density at radius 2 is 1.79 bits per heavy atom. The number of hydrogen-bond acceptors (Lipinski definition) is 5. The van der Waals surface area contributed by atoms with Crippen LogP contribution in [0.5, 0.6) is 0 Å². The number of amides is 1. The van der Waals surface area contributed by atoms with Crippen LogP contribution in [-0.4, -0.2) is 58.8 Å². The van der Waals surface area contributed by atoms with Crippen molar-refractivity contribution >= 4 is 29.1 Å². The molecule has 0 unspecified atom stereocenters. The Kier molecular flexibility index (Phi) is 6.11. The lowest BCUT2D eigenvalue weighted by Crippen LogP contribution is -2.32. The third-order valence-electron chi connectivity index (χ3n) is 4.68. The molecule has 1 aromatic heterocycles. The minimum atomic E-state index is -0.681. The summed E-state index contributed by atoms with van der Waals surface area (Å²) in [6.07, 6.45) is 3.76. The Hall–Kier alpha value is -2.70. The number of halogens is 1. The predicted octanol–water partition coefficient (Wildman–Crippen LogP) is 3.11. The number of carbonyl (C=O) groups excluding carboxylic acids is 2. The van der Waals surface area contributed by atoms with E-state index in [0.717, 1.165) is 12.1 Å². The zero-order valence-corrected chi connectivity index (χ0v) is 16.6. The maximum Gasteiger partial charge on any atom is 0.295 e. The molecule has 1 aliphatic heterocycles. The largest absolute Gasteiger partial charge is 0.507 e. The van der Waals surface area contributed by atoms with E-state index in [1.165, 1.54) is 17.3 Å². The molecule has 2 heterocycles. The Balaban J connectivity index is 2.07. The van der Waals surface area contributed by atoms with Gasteiger partial charge in [0.2, 0.25) is 0 Å². The fourth-order valence-electron chi connectivity index (χ4n) is 3.32. The number of benzene rings is 1. The summed E-state index contributed by atoms with van der Waals surface area (Å²) < 4.78 is 0. The smallest absolute Gasteiger partial charge is 0.295 e. The first-order valence-corrected chi connectivity index (χ1v) is 9.37. The molecule has 0 spiro atoms. The van der Waals surface area contributed by atoms with Gasteiger partial charge in [-0.1, -0.05) is 23.7 Å². The van der Waals surface area contributed by atoms with Crippen molar-refractivity contribution in [2.45, 2.75) is 12.5 Å². The van der Waals surface area contributed by atoms with E-state index in [9.17, 15) is 14.7 Å². The fourth-order valence-corrected chi connectivity index (χ4v) is 3.45. The summed E-state index contributed by atoms with van der Waals surface area (Å²) in [5, 5.41) is 11.4. The topological polar surface area (TPSA) is 73.7 Å². The van der Waals surface area contributed by atoms with E-state index in [4.69, 9.17) is 11.6 Å². The average molecular weight is 400 g/mol. The van der Waals surface area contributed by atoms with Gasteiger partial charge in [0.05, 0.1) is 11.6 Å². The number of hydrogen-bond donors (Lipinski definition) is 1. The van der Waals surface area contributed by atoms with E-state index in [1.807, 2.05) is 19.0 Å². The standard InChI is InChI=1S/C21H22ClN3O3/c1-24(2)12-3-13-25-18(14-4-6-16(22)7-5-14)17(20(27)21(25)28)19(26)15-8-10-23-11-9-15/h4-11,18,26H,3,12-13H2,1-2H3/t18-/m0/s1. The van der Waals surface area contributed by atoms with Crippen molar-refractivity contribution in [1.29, 1.82) is 0 Å². The van der Waals surface area contributed by atoms with Gasteiger partial charge >= 0.3 is 0 Å². The maximum absolute atomic E-state index is 12.8. The van der Waals surface area contributed by atoms with Gasteiger partial charge in [0.1, 0.15) is 5.76 Å². The molecule has 1 aromatic carbocycles. The molecule has 1 saturated heterocycles. The van der Waals surface area contributed by atoms with Crippen LogP contribution >= 0.6 is 11.6 Å². The van der Waals surface area contributed by atoms with Gasteiger partial charge in [-0.05, 0) is 56.9 Å². The van der Waals surface area contributed by atoms with Gasteiger partial charge in [-0.3, -0.25) is 14.6 Å². The number of aliphatic hydroxyl groups is 1. The first-order valence-electron chi connectivity index (χ1n) is 8.99. The van der Waals surface area contributed by atoms with Crippen LogP contribution in [-0.2, 0) is 9.59 Å². The number of aliphatic hydroxyl groups excluding tert-OH is 1. The van der Waals surface area contributed by atoms with Crippen LogP contribution in [0.1, 0.15) is 23.6 Å². The number of rotatable bonds is 6. The Morgan fingerprint density at radius 3 is 2.39 bits per heavy atom. The summed E-state index contributed by atoms with van der Waals surface area (Å²) in [5.41, 5.74) is 1.26. The van der Waals surface area contributed by atoms with Crippen LogP contribution in [0.4, 0.5) is 0 Å². The molecule has 0 radical (unpaired) electrons. The van der Waals surface area contributed by atoms with Crippen molar-refractivity contribution in [3.05, 3.63) is 70.5 Å². The van der Waals surface area contributed by atoms with Crippen LogP contribution in [0.25, 0.3) is 5.76 Å². The van der Waals surface area contributed by atoms with Crippen LogP contribution in [0.15, 0.2) is 54.4 Å². The number of nitrogens with zero attached hydrogens (tertiary/aromatic N) is 3. The van der Waals surface area contributed by atoms with Crippen molar-refractivity contribution < 1.29 is 14.7 Å². The number of likely N-dealkylation sites (tertiary alicyclic amines) is 1. The Morgan fingerprint density at radius 1 is 1.14 bits per heavy atom. The molecule has 1 N–H and O–H groups in total. The molecule has 1 atom stereocenters. The van der Waals surface area contributed by atoms with E-state index >= 15 is 0 Å². The zero-order valence-electron chi connectivity index (χ0n) is 15.8. The lowest BCUT2D eigenvalue weighted by atomic mass is 9.95. The SMILES string of the molecule is CN(C)CCCN1C(=O)C(=O)C(=C(O)c2ccncc2)[C@@H]1c1ccc(Cl)cc1. The quantitative estimate of drug-likeness (QED) is 0.459. The number of aromatic nitrogens is 1. The zero-order chi connectivity index (χ0) is 20.3. The van der Waals surface area contributed by atoms with Crippen LogP contribution in [0, 0.1) is 0 Å². The second-order valence-electron chi connectivity index (χ2n) is 6.94. The van der Waals surface area contributed by atoms with Crippen LogP contribution in [0.2, 0.25) is 5.02 Å². The normalized spacial score (nSPS) is 18.9. The number of Topliss-reactive ketones (excluding diaryl/α,β-unsaturated/α-hetero) is 1. The molecular weight excluding hydrogens is 378 g/mol. The number of ketones is 1. The first kappa shape index (κ1) is 20.0. The molecule has 7 heteroatoms. The summed E-state index contributed by atoms with van der Waals surface area (Å²) in [6, 6.07) is 9.52. The van der Waals surface area contributed by atoms with Crippen LogP contribution < -0.4 is 0 Å². The molecule has 1 amide bonds. The van der Waals surface area contributed by atoms with Crippen molar-refractivity contribution in [1.82, 2.24) is 14.8 Å². The van der Waals surface area contributed by atoms with E-state index in [-0.39, 0.29) is 11.3 Å². The lowest BCUT2D eigenvalue weighted by Gasteiger charge is -2.26. The third-order valence-corrected chi connectivity index (χ3v) is 4.94. The highest BCUT2D eigenvalue weighted by Crippen LogP contribution is 2.39. The van der Waals surface area contributed by atoms with Crippen molar-refractivity contribution in [3.63, 3.8) is 0 Å². The van der Waals surface area contributed by atoms with Crippen LogP contribution in [0.3, 0.4) is 0 Å². The van der Waals surface area contributed by atoms with E-state index in [0.29, 0.717) is 23.6 Å². The molecule has 3 rings (SSSR count). The highest BCUT2D eigenvalue weighted by molar-refractivity contribution is 6.46. The van der Waals surface area contributed by atoms with Crippen molar-refractivity contribution in [3.8, 4) is 0 Å². The minimum Gasteiger partial charge on any atom is -0.507 e. The van der Waals surface area contributed by atoms with Gasteiger partial charge in [0, 0.05) is 29.5 Å². The molecular formula is C21H22ClN3O3. The predicted molar refractivity (Wildman–Crippen MR) is 108 cm³/mol. The fraction of sp³-hybridized carbons (Fsp3) is 0.286. The molecule has 1 fully saturated rings. The molecule has 0 bridgehead atoms. The van der Waals surface area contributed by atoms with Gasteiger partial charge in [0.25, 0.3) is 11.7 Å².